The summed E-state index contributed by atoms with van der Waals surface area (Å²) < 4.78 is 39.5. The lowest BCUT2D eigenvalue weighted by molar-refractivity contribution is -0.137. The van der Waals surface area contributed by atoms with Crippen LogP contribution in [0.3, 0.4) is 0 Å². The summed E-state index contributed by atoms with van der Waals surface area (Å²) in [5.74, 6) is 5.76. The summed E-state index contributed by atoms with van der Waals surface area (Å²) in [7, 11) is 0. The van der Waals surface area contributed by atoms with Crippen molar-refractivity contribution in [1.82, 2.24) is 14.9 Å². The van der Waals surface area contributed by atoms with Gasteiger partial charge in [-0.2, -0.15) is 13.2 Å². The average Bonchev–Trinajstić information content (AvgIpc) is 2.87. The number of carbonyl (C=O) groups is 1. The van der Waals surface area contributed by atoms with E-state index in [9.17, 15) is 18.0 Å². The van der Waals surface area contributed by atoms with Crippen molar-refractivity contribution in [3.05, 3.63) is 34.6 Å². The molecule has 0 saturated carbocycles. The summed E-state index contributed by atoms with van der Waals surface area (Å²) >= 11 is 6.86. The van der Waals surface area contributed by atoms with Crippen LogP contribution in [0.1, 0.15) is 24.7 Å². The van der Waals surface area contributed by atoms with Crippen molar-refractivity contribution in [2.75, 3.05) is 16.9 Å². The number of nitrogens with one attached hydrogen (secondary N) is 1. The molecular formula is C14H15ClF3N5OS. The summed E-state index contributed by atoms with van der Waals surface area (Å²) in [4.78, 5) is 12.0. The molecule has 1 aromatic heterocycles. The minimum atomic E-state index is -4.52. The van der Waals surface area contributed by atoms with E-state index in [-0.39, 0.29) is 16.5 Å². The lowest BCUT2D eigenvalue weighted by atomic mass is 10.2. The highest BCUT2D eigenvalue weighted by atomic mass is 35.5. The van der Waals surface area contributed by atoms with Gasteiger partial charge in [-0.05, 0) is 24.6 Å². The van der Waals surface area contributed by atoms with Crippen molar-refractivity contribution in [2.45, 2.75) is 31.1 Å². The fourth-order valence-electron chi connectivity index (χ4n) is 1.91. The van der Waals surface area contributed by atoms with Gasteiger partial charge in [0.2, 0.25) is 11.1 Å². The first kappa shape index (κ1) is 19.4. The van der Waals surface area contributed by atoms with Crippen LogP contribution >= 0.6 is 23.4 Å². The molecular weight excluding hydrogens is 379 g/mol. The SMILES string of the molecule is CCCc1nnc(SCC(=O)Nc2cc(C(F)(F)F)ccc2Cl)n1N. The Morgan fingerprint density at radius 3 is 2.76 bits per heavy atom. The minimum Gasteiger partial charge on any atom is -0.336 e. The first-order chi connectivity index (χ1) is 11.7. The molecule has 2 aromatic rings. The summed E-state index contributed by atoms with van der Waals surface area (Å²) in [6.45, 7) is 1.97. The second-order valence-electron chi connectivity index (χ2n) is 5.05. The minimum absolute atomic E-state index is 0.0126. The molecule has 6 nitrogen and oxygen atoms in total. The zero-order valence-electron chi connectivity index (χ0n) is 13.1. The summed E-state index contributed by atoms with van der Waals surface area (Å²) in [6, 6.07) is 2.72. The molecule has 2 rings (SSSR count). The van der Waals surface area contributed by atoms with Crippen LogP contribution in [0.15, 0.2) is 23.4 Å². The maximum Gasteiger partial charge on any atom is 0.416 e. The molecule has 0 saturated heterocycles. The van der Waals surface area contributed by atoms with Crippen LogP contribution in [0, 0.1) is 0 Å². The average molecular weight is 394 g/mol. The number of anilines is 1. The van der Waals surface area contributed by atoms with Gasteiger partial charge in [0.25, 0.3) is 0 Å². The second-order valence-corrected chi connectivity index (χ2v) is 6.40. The Morgan fingerprint density at radius 2 is 2.12 bits per heavy atom. The van der Waals surface area contributed by atoms with Crippen molar-refractivity contribution in [3.63, 3.8) is 0 Å². The Bertz CT molecular complexity index is 765. The molecule has 25 heavy (non-hydrogen) atoms. The standard InChI is InChI=1S/C14H15ClF3N5OS/c1-2-3-11-21-22-13(23(11)19)25-7-12(24)20-10-6-8(14(16,17)18)4-5-9(10)15/h4-6H,2-3,7,19H2,1H3,(H,20,24). The van der Waals surface area contributed by atoms with Gasteiger partial charge in [-0.1, -0.05) is 30.3 Å². The highest BCUT2D eigenvalue weighted by Crippen LogP contribution is 2.33. The maximum atomic E-state index is 12.7. The number of aryl methyl sites for hydroxylation is 1. The quantitative estimate of drug-likeness (QED) is 0.580. The van der Waals surface area contributed by atoms with Crippen LogP contribution in [0.4, 0.5) is 18.9 Å². The third-order valence-corrected chi connectivity index (χ3v) is 4.38. The van der Waals surface area contributed by atoms with Crippen molar-refractivity contribution < 1.29 is 18.0 Å². The van der Waals surface area contributed by atoms with Crippen molar-refractivity contribution in [2.24, 2.45) is 0 Å². The van der Waals surface area contributed by atoms with Gasteiger partial charge >= 0.3 is 6.18 Å². The third-order valence-electron chi connectivity index (χ3n) is 3.11. The Balaban J connectivity index is 2.01. The third kappa shape index (κ3) is 5.02. The van der Waals surface area contributed by atoms with Gasteiger partial charge in [0.1, 0.15) is 0 Å². The monoisotopic (exact) mass is 393 g/mol. The van der Waals surface area contributed by atoms with Crippen molar-refractivity contribution in [3.8, 4) is 0 Å². The Morgan fingerprint density at radius 1 is 1.40 bits per heavy atom. The number of hydrogen-bond donors (Lipinski definition) is 2. The number of aromatic nitrogens is 3. The highest BCUT2D eigenvalue weighted by Gasteiger charge is 2.31. The summed E-state index contributed by atoms with van der Waals surface area (Å²) in [5, 5.41) is 10.5. The van der Waals surface area contributed by atoms with E-state index in [1.807, 2.05) is 6.92 Å². The summed E-state index contributed by atoms with van der Waals surface area (Å²) in [6.07, 6.45) is -3.03. The van der Waals surface area contributed by atoms with Crippen LogP contribution in [0.5, 0.6) is 0 Å². The molecule has 0 unspecified atom stereocenters. The normalized spacial score (nSPS) is 11.6. The molecule has 1 heterocycles. The van der Waals surface area contributed by atoms with Gasteiger partial charge in [-0.15, -0.1) is 10.2 Å². The van der Waals surface area contributed by atoms with E-state index < -0.39 is 17.6 Å². The Hall–Kier alpha value is -1.94. The Labute approximate surface area is 150 Å². The van der Waals surface area contributed by atoms with E-state index in [0.29, 0.717) is 17.4 Å². The first-order valence-electron chi connectivity index (χ1n) is 7.21. The molecule has 11 heteroatoms. The number of alkyl halides is 3. The fourth-order valence-corrected chi connectivity index (χ4v) is 2.75. The molecule has 136 valence electrons. The van der Waals surface area contributed by atoms with E-state index in [1.165, 1.54) is 4.68 Å². The van der Waals surface area contributed by atoms with Gasteiger partial charge in [-0.25, -0.2) is 4.68 Å². The van der Waals surface area contributed by atoms with E-state index in [1.54, 1.807) is 0 Å². The number of thioether (sulfide) groups is 1. The number of halogens is 4. The zero-order chi connectivity index (χ0) is 18.6. The molecule has 0 aliphatic heterocycles. The zero-order valence-corrected chi connectivity index (χ0v) is 14.7. The predicted octanol–water partition coefficient (Wildman–Crippen LogP) is 3.35. The Kier molecular flexibility index (Phi) is 6.17. The molecule has 1 aromatic carbocycles. The van der Waals surface area contributed by atoms with Gasteiger partial charge in [-0.3, -0.25) is 4.79 Å². The number of carbonyl (C=O) groups excluding carboxylic acids is 1. The number of nitrogens with two attached hydrogens (primary N) is 1. The van der Waals surface area contributed by atoms with E-state index >= 15 is 0 Å². The molecule has 0 fully saturated rings. The lowest BCUT2D eigenvalue weighted by Gasteiger charge is -2.11. The first-order valence-corrected chi connectivity index (χ1v) is 8.57. The van der Waals surface area contributed by atoms with Crippen LogP contribution < -0.4 is 11.2 Å². The molecule has 1 amide bonds. The van der Waals surface area contributed by atoms with Gasteiger partial charge in [0.05, 0.1) is 22.0 Å². The smallest absolute Gasteiger partial charge is 0.336 e. The van der Waals surface area contributed by atoms with E-state index in [2.05, 4.69) is 15.5 Å². The molecule has 0 spiro atoms. The van der Waals surface area contributed by atoms with Gasteiger partial charge < -0.3 is 11.2 Å². The number of rotatable bonds is 6. The molecule has 3 N–H and O–H groups in total. The number of hydrogen-bond acceptors (Lipinski definition) is 5. The largest absolute Gasteiger partial charge is 0.416 e. The van der Waals surface area contributed by atoms with E-state index in [4.69, 9.17) is 17.4 Å². The second kappa shape index (κ2) is 7.96. The van der Waals surface area contributed by atoms with Crippen LogP contribution in [-0.4, -0.2) is 26.5 Å². The summed E-state index contributed by atoms with van der Waals surface area (Å²) in [5.41, 5.74) is -1.01. The van der Waals surface area contributed by atoms with Gasteiger partial charge in [0.15, 0.2) is 5.82 Å². The van der Waals surface area contributed by atoms with Gasteiger partial charge in [0, 0.05) is 6.42 Å². The number of nitrogen functional groups attached to an aromatic ring is 1. The van der Waals surface area contributed by atoms with E-state index in [0.717, 1.165) is 36.4 Å². The van der Waals surface area contributed by atoms with Crippen LogP contribution in [0.2, 0.25) is 5.02 Å². The fraction of sp³-hybridized carbons (Fsp3) is 0.357. The lowest BCUT2D eigenvalue weighted by Crippen LogP contribution is -2.18. The highest BCUT2D eigenvalue weighted by molar-refractivity contribution is 7.99. The molecule has 0 bridgehead atoms. The topological polar surface area (TPSA) is 85.8 Å². The maximum absolute atomic E-state index is 12.7. The number of benzene rings is 1. The molecule has 0 aliphatic rings. The molecule has 0 atom stereocenters. The molecule has 0 radical (unpaired) electrons. The van der Waals surface area contributed by atoms with Crippen molar-refractivity contribution >= 4 is 35.0 Å². The van der Waals surface area contributed by atoms with Crippen molar-refractivity contribution in [1.29, 1.82) is 0 Å². The predicted molar refractivity (Wildman–Crippen MR) is 90.0 cm³/mol. The molecule has 0 aliphatic carbocycles. The number of amides is 1. The van der Waals surface area contributed by atoms with Crippen LogP contribution in [0.25, 0.3) is 0 Å². The number of nitrogens with zero attached hydrogens (tertiary/aromatic N) is 3. The van der Waals surface area contributed by atoms with Crippen LogP contribution in [-0.2, 0) is 17.4 Å².